The van der Waals surface area contributed by atoms with Crippen LogP contribution in [0, 0.1) is 29.1 Å². The molecule has 0 saturated heterocycles. The minimum absolute atomic E-state index is 0.312. The molecule has 3 rings (SSSR count). The van der Waals surface area contributed by atoms with Gasteiger partial charge in [-0.3, -0.25) is 14.4 Å². The zero-order valence-corrected chi connectivity index (χ0v) is 27.1. The molecule has 3 fully saturated rings. The van der Waals surface area contributed by atoms with Crippen LogP contribution in [0.3, 0.4) is 0 Å². The molecule has 3 aliphatic rings. The van der Waals surface area contributed by atoms with E-state index in [1.54, 1.807) is 0 Å². The van der Waals surface area contributed by atoms with Gasteiger partial charge < -0.3 is 9.84 Å². The number of hydrogen-bond donors (Lipinski definition) is 1. The quantitative estimate of drug-likeness (QED) is 0.119. The molecule has 5 heteroatoms. The van der Waals surface area contributed by atoms with E-state index in [-0.39, 0.29) is 11.9 Å². The number of rotatable bonds is 15. The SMILES string of the molecule is CC(CCCC(=O)O)C1CCCCC1.CCCC1(CCCCC(=O)OC(=O)CC(C)C2CCCCC2)CCCCC1. The average molecular weight is 577 g/mol. The minimum atomic E-state index is -0.652. The summed E-state index contributed by atoms with van der Waals surface area (Å²) in [6.07, 6.45) is 28.9. The third-order valence-electron chi connectivity index (χ3n) is 10.7. The fourth-order valence-electron chi connectivity index (χ4n) is 8.09. The highest BCUT2D eigenvalue weighted by molar-refractivity contribution is 5.85. The molecule has 0 aromatic heterocycles. The number of carbonyl (C=O) groups excluding carboxylic acids is 2. The van der Waals surface area contributed by atoms with Crippen LogP contribution in [-0.2, 0) is 19.1 Å². The second kappa shape index (κ2) is 20.5. The molecule has 0 amide bonds. The van der Waals surface area contributed by atoms with Crippen LogP contribution in [0.15, 0.2) is 0 Å². The van der Waals surface area contributed by atoms with Crippen LogP contribution >= 0.6 is 0 Å². The van der Waals surface area contributed by atoms with Crippen molar-refractivity contribution < 1.29 is 24.2 Å². The molecular weight excluding hydrogens is 512 g/mol. The number of carbonyl (C=O) groups is 3. The normalized spacial score (nSPS) is 21.2. The molecule has 238 valence electrons. The first kappa shape index (κ1) is 35.8. The van der Waals surface area contributed by atoms with Crippen molar-refractivity contribution in [1.29, 1.82) is 0 Å². The number of ether oxygens (including phenoxy) is 1. The summed E-state index contributed by atoms with van der Waals surface area (Å²) in [5, 5.41) is 8.54. The molecule has 0 aliphatic heterocycles. The number of esters is 2. The molecule has 0 spiro atoms. The van der Waals surface area contributed by atoms with Gasteiger partial charge in [0.15, 0.2) is 0 Å². The first-order valence-corrected chi connectivity index (χ1v) is 17.7. The van der Waals surface area contributed by atoms with Gasteiger partial charge in [0.2, 0.25) is 0 Å². The van der Waals surface area contributed by atoms with Gasteiger partial charge in [-0.25, -0.2) is 0 Å². The summed E-state index contributed by atoms with van der Waals surface area (Å²) < 4.78 is 5.10. The van der Waals surface area contributed by atoms with E-state index >= 15 is 0 Å². The molecule has 2 unspecified atom stereocenters. The Morgan fingerprint density at radius 2 is 1.27 bits per heavy atom. The molecule has 41 heavy (non-hydrogen) atoms. The van der Waals surface area contributed by atoms with Gasteiger partial charge in [0, 0.05) is 19.3 Å². The van der Waals surface area contributed by atoms with Crippen molar-refractivity contribution in [2.24, 2.45) is 29.1 Å². The van der Waals surface area contributed by atoms with Crippen molar-refractivity contribution in [3.05, 3.63) is 0 Å². The Labute approximate surface area is 252 Å². The Hall–Kier alpha value is -1.39. The maximum Gasteiger partial charge on any atom is 0.313 e. The van der Waals surface area contributed by atoms with Crippen molar-refractivity contribution in [3.63, 3.8) is 0 Å². The van der Waals surface area contributed by atoms with Crippen LogP contribution < -0.4 is 0 Å². The van der Waals surface area contributed by atoms with Crippen molar-refractivity contribution in [2.45, 2.75) is 181 Å². The van der Waals surface area contributed by atoms with Crippen molar-refractivity contribution in [3.8, 4) is 0 Å². The lowest BCUT2D eigenvalue weighted by molar-refractivity contribution is -0.160. The molecular formula is C36H64O5. The van der Waals surface area contributed by atoms with Crippen molar-refractivity contribution in [1.82, 2.24) is 0 Å². The zero-order chi connectivity index (χ0) is 29.9. The smallest absolute Gasteiger partial charge is 0.313 e. The van der Waals surface area contributed by atoms with Crippen molar-refractivity contribution in [2.75, 3.05) is 0 Å². The second-order valence-corrected chi connectivity index (χ2v) is 14.1. The number of carboxylic acid groups (broad SMARTS) is 1. The van der Waals surface area contributed by atoms with Crippen LogP contribution in [0.25, 0.3) is 0 Å². The third-order valence-corrected chi connectivity index (χ3v) is 10.7. The molecule has 0 aromatic rings. The first-order chi connectivity index (χ1) is 19.7. The third kappa shape index (κ3) is 15.1. The molecule has 5 nitrogen and oxygen atoms in total. The molecule has 0 radical (unpaired) electrons. The highest BCUT2D eigenvalue weighted by Crippen LogP contribution is 2.44. The van der Waals surface area contributed by atoms with Crippen LogP contribution in [0.4, 0.5) is 0 Å². The predicted molar refractivity (Wildman–Crippen MR) is 168 cm³/mol. The summed E-state index contributed by atoms with van der Waals surface area (Å²) in [5.41, 5.74) is 0.530. The van der Waals surface area contributed by atoms with Gasteiger partial charge >= 0.3 is 17.9 Å². The van der Waals surface area contributed by atoms with Gasteiger partial charge in [-0.15, -0.1) is 0 Å². The Morgan fingerprint density at radius 3 is 1.83 bits per heavy atom. The summed E-state index contributed by atoms with van der Waals surface area (Å²) in [6, 6.07) is 0. The van der Waals surface area contributed by atoms with E-state index in [1.165, 1.54) is 116 Å². The highest BCUT2D eigenvalue weighted by Gasteiger charge is 2.30. The lowest BCUT2D eigenvalue weighted by Gasteiger charge is -2.37. The Kier molecular flexibility index (Phi) is 17.9. The van der Waals surface area contributed by atoms with Gasteiger partial charge in [-0.1, -0.05) is 117 Å². The summed E-state index contributed by atoms with van der Waals surface area (Å²) in [7, 11) is 0. The summed E-state index contributed by atoms with van der Waals surface area (Å²) in [5.74, 6) is 1.29. The van der Waals surface area contributed by atoms with E-state index in [4.69, 9.17) is 9.84 Å². The van der Waals surface area contributed by atoms with Gasteiger partial charge in [-0.2, -0.15) is 0 Å². The average Bonchev–Trinajstić information content (AvgIpc) is 2.97. The Morgan fingerprint density at radius 1 is 0.707 bits per heavy atom. The van der Waals surface area contributed by atoms with Crippen LogP contribution in [0.1, 0.15) is 181 Å². The molecule has 3 aliphatic carbocycles. The van der Waals surface area contributed by atoms with E-state index in [0.717, 1.165) is 37.5 Å². The molecule has 3 saturated carbocycles. The van der Waals surface area contributed by atoms with E-state index in [9.17, 15) is 14.4 Å². The maximum absolute atomic E-state index is 12.1. The first-order valence-electron chi connectivity index (χ1n) is 17.7. The molecule has 0 aromatic carbocycles. The van der Waals surface area contributed by atoms with Crippen LogP contribution in [-0.4, -0.2) is 23.0 Å². The summed E-state index contributed by atoms with van der Waals surface area (Å²) in [6.45, 7) is 6.71. The molecule has 0 bridgehead atoms. The summed E-state index contributed by atoms with van der Waals surface area (Å²) >= 11 is 0. The Balaban J connectivity index is 0.000000353. The van der Waals surface area contributed by atoms with Crippen molar-refractivity contribution >= 4 is 17.9 Å². The van der Waals surface area contributed by atoms with Crippen LogP contribution in [0.5, 0.6) is 0 Å². The monoisotopic (exact) mass is 576 g/mol. The topological polar surface area (TPSA) is 80.7 Å². The van der Waals surface area contributed by atoms with Gasteiger partial charge in [0.25, 0.3) is 0 Å². The number of carboxylic acids is 1. The van der Waals surface area contributed by atoms with Gasteiger partial charge in [-0.05, 0) is 74.0 Å². The van der Waals surface area contributed by atoms with E-state index in [0.29, 0.717) is 36.5 Å². The lowest BCUT2D eigenvalue weighted by Crippen LogP contribution is -2.24. The van der Waals surface area contributed by atoms with E-state index in [1.807, 2.05) is 0 Å². The fourth-order valence-corrected chi connectivity index (χ4v) is 8.09. The summed E-state index contributed by atoms with van der Waals surface area (Å²) in [4.78, 5) is 34.5. The Bertz CT molecular complexity index is 723. The lowest BCUT2D eigenvalue weighted by atomic mass is 9.68. The fraction of sp³-hybridized carbons (Fsp3) is 0.917. The molecule has 1 N–H and O–H groups in total. The standard InChI is InChI=1S/C24H42O3.C12H22O2/c1-3-15-24(16-9-5-10-17-24)18-11-8-14-22(25)27-23(26)19-20(2)21-12-6-4-7-13-21;1-10(6-5-9-12(13)14)11-7-3-2-4-8-11/h20-21H,3-19H2,1-2H3;10-11H,2-9H2,1H3,(H,13,14). The zero-order valence-electron chi connectivity index (χ0n) is 27.1. The maximum atomic E-state index is 12.1. The van der Waals surface area contributed by atoms with E-state index < -0.39 is 5.97 Å². The second-order valence-electron chi connectivity index (χ2n) is 14.1. The largest absolute Gasteiger partial charge is 0.481 e. The molecule has 0 heterocycles. The minimum Gasteiger partial charge on any atom is -0.481 e. The van der Waals surface area contributed by atoms with Gasteiger partial charge in [0.1, 0.15) is 0 Å². The molecule has 2 atom stereocenters. The van der Waals surface area contributed by atoms with Crippen LogP contribution in [0.2, 0.25) is 0 Å². The van der Waals surface area contributed by atoms with Gasteiger partial charge in [0.05, 0.1) is 0 Å². The predicted octanol–water partition coefficient (Wildman–Crippen LogP) is 10.4. The number of aliphatic carboxylic acids is 1. The number of unbranched alkanes of at least 4 members (excludes halogenated alkanes) is 1. The highest BCUT2D eigenvalue weighted by atomic mass is 16.6. The number of hydrogen-bond acceptors (Lipinski definition) is 4. The van der Waals surface area contributed by atoms with E-state index in [2.05, 4.69) is 20.8 Å².